The van der Waals surface area contributed by atoms with E-state index in [1.165, 1.54) is 27.7 Å². The molecule has 10 heteroatoms. The first kappa shape index (κ1) is 23.3. The highest BCUT2D eigenvalue weighted by molar-refractivity contribution is 14.1. The number of ether oxygens (including phenoxy) is 4. The summed E-state index contributed by atoms with van der Waals surface area (Å²) in [6.45, 7) is 4.79. The van der Waals surface area contributed by atoms with Gasteiger partial charge in [-0.1, -0.05) is 45.2 Å². The molecule has 0 fully saturated rings. The Balaban J connectivity index is 5.74. The third kappa shape index (κ3) is 8.99. The largest absolute Gasteiger partial charge is 0.458 e. The molecule has 0 aliphatic rings. The van der Waals surface area contributed by atoms with E-state index in [1.54, 1.807) is 0 Å². The van der Waals surface area contributed by atoms with Crippen molar-refractivity contribution >= 4 is 69.1 Å². The number of halogens is 2. The van der Waals surface area contributed by atoms with Crippen molar-refractivity contribution in [3.63, 3.8) is 0 Å². The molecular formula is C14H20I2O8. The lowest BCUT2D eigenvalue weighted by atomic mass is 10.0. The molecule has 0 saturated heterocycles. The van der Waals surface area contributed by atoms with Crippen molar-refractivity contribution in [1.29, 1.82) is 0 Å². The zero-order chi connectivity index (χ0) is 18.9. The predicted molar refractivity (Wildman–Crippen MR) is 100.0 cm³/mol. The van der Waals surface area contributed by atoms with E-state index in [9.17, 15) is 19.2 Å². The summed E-state index contributed by atoms with van der Waals surface area (Å²) in [5.74, 6) is -2.44. The fourth-order valence-corrected chi connectivity index (χ4v) is 3.25. The van der Waals surface area contributed by atoms with Crippen molar-refractivity contribution in [2.24, 2.45) is 0 Å². The van der Waals surface area contributed by atoms with Crippen LogP contribution in [0.3, 0.4) is 0 Å². The van der Waals surface area contributed by atoms with E-state index in [0.29, 0.717) is 0 Å². The van der Waals surface area contributed by atoms with Crippen molar-refractivity contribution in [2.45, 2.75) is 52.1 Å². The Morgan fingerprint density at radius 1 is 0.625 bits per heavy atom. The highest BCUT2D eigenvalue weighted by Crippen LogP contribution is 2.22. The van der Waals surface area contributed by atoms with Crippen molar-refractivity contribution in [2.75, 3.05) is 8.86 Å². The number of hydrogen-bond donors (Lipinski definition) is 0. The maximum atomic E-state index is 11.5. The third-order valence-electron chi connectivity index (χ3n) is 2.60. The number of carbonyl (C=O) groups excluding carboxylic acids is 4. The van der Waals surface area contributed by atoms with E-state index in [1.807, 2.05) is 45.2 Å². The average Bonchev–Trinajstić information content (AvgIpc) is 2.45. The monoisotopic (exact) mass is 570 g/mol. The Kier molecular flexibility index (Phi) is 11.5. The topological polar surface area (TPSA) is 105 Å². The van der Waals surface area contributed by atoms with E-state index in [4.69, 9.17) is 18.9 Å². The van der Waals surface area contributed by atoms with Gasteiger partial charge in [0.05, 0.1) is 0 Å². The summed E-state index contributed by atoms with van der Waals surface area (Å²) in [5, 5.41) is 0. The molecule has 0 amide bonds. The molecule has 24 heavy (non-hydrogen) atoms. The highest BCUT2D eigenvalue weighted by atomic mass is 127. The van der Waals surface area contributed by atoms with Crippen LogP contribution < -0.4 is 0 Å². The van der Waals surface area contributed by atoms with Crippen LogP contribution in [0.15, 0.2) is 0 Å². The van der Waals surface area contributed by atoms with Gasteiger partial charge in [-0.25, -0.2) is 0 Å². The summed E-state index contributed by atoms with van der Waals surface area (Å²) in [6.07, 6.45) is -3.94. The Labute approximate surface area is 167 Å². The minimum absolute atomic E-state index is 0.279. The maximum Gasteiger partial charge on any atom is 0.303 e. The standard InChI is InChI=1S/C14H20I2O8/c1-7(17)21-11(5-15)13(23-9(3)19)14(24-10(4)20)12(6-16)22-8(2)18/h11-14H,5-6H2,1-4H3/t11-,12+,13-,14-/m1/s1. The van der Waals surface area contributed by atoms with Crippen LogP contribution >= 0.6 is 45.2 Å². The van der Waals surface area contributed by atoms with Crippen LogP contribution in [-0.4, -0.2) is 57.1 Å². The molecule has 0 bridgehead atoms. The van der Waals surface area contributed by atoms with E-state index >= 15 is 0 Å². The molecule has 0 aromatic carbocycles. The summed E-state index contributed by atoms with van der Waals surface area (Å²) < 4.78 is 21.4. The molecule has 0 heterocycles. The molecule has 0 N–H and O–H groups in total. The van der Waals surface area contributed by atoms with E-state index in [2.05, 4.69) is 0 Å². The van der Waals surface area contributed by atoms with Crippen molar-refractivity contribution in [3.05, 3.63) is 0 Å². The molecule has 0 aliphatic carbocycles. The Morgan fingerprint density at radius 3 is 1.04 bits per heavy atom. The molecule has 4 atom stereocenters. The first-order chi connectivity index (χ1) is 11.1. The van der Waals surface area contributed by atoms with Gasteiger partial charge in [-0.05, 0) is 0 Å². The van der Waals surface area contributed by atoms with Gasteiger partial charge in [0.1, 0.15) is 0 Å². The van der Waals surface area contributed by atoms with Crippen LogP contribution in [0.25, 0.3) is 0 Å². The number of hydrogen-bond acceptors (Lipinski definition) is 8. The van der Waals surface area contributed by atoms with Crippen LogP contribution in [0, 0.1) is 0 Å². The summed E-state index contributed by atoms with van der Waals surface area (Å²) in [7, 11) is 0. The lowest BCUT2D eigenvalue weighted by Crippen LogP contribution is -2.52. The second kappa shape index (κ2) is 11.8. The van der Waals surface area contributed by atoms with Crippen molar-refractivity contribution in [1.82, 2.24) is 0 Å². The number of alkyl halides is 2. The van der Waals surface area contributed by atoms with Crippen LogP contribution in [0.2, 0.25) is 0 Å². The summed E-state index contributed by atoms with van der Waals surface area (Å²) in [6, 6.07) is 0. The number of esters is 4. The second-order valence-corrected chi connectivity index (χ2v) is 6.51. The van der Waals surface area contributed by atoms with Gasteiger partial charge in [-0.2, -0.15) is 0 Å². The summed E-state index contributed by atoms with van der Waals surface area (Å²) in [5.41, 5.74) is 0. The van der Waals surface area contributed by atoms with Gasteiger partial charge in [0, 0.05) is 36.6 Å². The lowest BCUT2D eigenvalue weighted by molar-refractivity contribution is -0.194. The van der Waals surface area contributed by atoms with Crippen molar-refractivity contribution < 1.29 is 38.1 Å². The molecule has 0 aromatic heterocycles. The van der Waals surface area contributed by atoms with Gasteiger partial charge in [0.15, 0.2) is 24.4 Å². The van der Waals surface area contributed by atoms with Gasteiger partial charge in [0.25, 0.3) is 0 Å². The van der Waals surface area contributed by atoms with E-state index in [0.717, 1.165) is 0 Å². The fourth-order valence-electron chi connectivity index (χ4n) is 1.89. The van der Waals surface area contributed by atoms with Crippen LogP contribution in [0.5, 0.6) is 0 Å². The Bertz CT molecular complexity index is 426. The quantitative estimate of drug-likeness (QED) is 0.178. The second-order valence-electron chi connectivity index (χ2n) is 4.75. The van der Waals surface area contributed by atoms with Gasteiger partial charge < -0.3 is 18.9 Å². The highest BCUT2D eigenvalue weighted by Gasteiger charge is 2.42. The number of carbonyl (C=O) groups is 4. The SMILES string of the molecule is CC(=O)O[C@@H]([C@H](OC(C)=O)[C@@H](CI)OC(C)=O)[C@H](CI)OC(C)=O. The molecule has 8 nitrogen and oxygen atoms in total. The minimum atomic E-state index is -1.11. The molecule has 0 aromatic rings. The molecule has 0 unspecified atom stereocenters. The van der Waals surface area contributed by atoms with E-state index < -0.39 is 48.3 Å². The van der Waals surface area contributed by atoms with Crippen LogP contribution in [0.1, 0.15) is 27.7 Å². The van der Waals surface area contributed by atoms with Gasteiger partial charge >= 0.3 is 23.9 Å². The molecular weight excluding hydrogens is 550 g/mol. The minimum Gasteiger partial charge on any atom is -0.458 e. The zero-order valence-corrected chi connectivity index (χ0v) is 18.1. The summed E-state index contributed by atoms with van der Waals surface area (Å²) in [4.78, 5) is 45.5. The Hall–Kier alpha value is -0.660. The van der Waals surface area contributed by atoms with Crippen molar-refractivity contribution in [3.8, 4) is 0 Å². The van der Waals surface area contributed by atoms with Crippen LogP contribution in [-0.2, 0) is 38.1 Å². The first-order valence-corrected chi connectivity index (χ1v) is 9.98. The normalized spacial score (nSPS) is 15.4. The molecule has 138 valence electrons. The lowest BCUT2D eigenvalue weighted by Gasteiger charge is -2.34. The molecule has 0 aliphatic heterocycles. The molecule has 0 spiro atoms. The predicted octanol–water partition coefficient (Wildman–Crippen LogP) is 1.58. The molecule has 0 rings (SSSR count). The van der Waals surface area contributed by atoms with Gasteiger partial charge in [-0.15, -0.1) is 0 Å². The molecule has 0 saturated carbocycles. The fraction of sp³-hybridized carbons (Fsp3) is 0.714. The Morgan fingerprint density at radius 2 is 0.875 bits per heavy atom. The summed E-state index contributed by atoms with van der Waals surface area (Å²) >= 11 is 3.91. The average molecular weight is 570 g/mol. The van der Waals surface area contributed by atoms with Crippen LogP contribution in [0.4, 0.5) is 0 Å². The van der Waals surface area contributed by atoms with Gasteiger partial charge in [-0.3, -0.25) is 19.2 Å². The maximum absolute atomic E-state index is 11.5. The number of rotatable bonds is 9. The smallest absolute Gasteiger partial charge is 0.303 e. The third-order valence-corrected chi connectivity index (χ3v) is 4.34. The zero-order valence-electron chi connectivity index (χ0n) is 13.7. The first-order valence-electron chi connectivity index (χ1n) is 6.93. The van der Waals surface area contributed by atoms with E-state index in [-0.39, 0.29) is 8.86 Å². The molecule has 0 radical (unpaired) electrons. The van der Waals surface area contributed by atoms with Gasteiger partial charge in [0.2, 0.25) is 0 Å².